The number of carboxylic acids is 3. The van der Waals surface area contributed by atoms with Crippen LogP contribution in [0.2, 0.25) is 0 Å². The van der Waals surface area contributed by atoms with Crippen molar-refractivity contribution in [3.05, 3.63) is 29.8 Å². The third kappa shape index (κ3) is 19.5. The van der Waals surface area contributed by atoms with Gasteiger partial charge in [0.1, 0.15) is 0 Å². The molecule has 2 rings (SSSR count). The second kappa shape index (κ2) is 23.2. The van der Waals surface area contributed by atoms with E-state index in [9.17, 15) is 44.1 Å². The largest absolute Gasteiger partial charge is 0.480 e. The molecule has 0 aromatic heterocycles. The molecule has 1 heterocycles. The van der Waals surface area contributed by atoms with E-state index < -0.39 is 17.9 Å². The van der Waals surface area contributed by atoms with E-state index in [-0.39, 0.29) is 62.0 Å². The molecule has 1 aliphatic heterocycles. The Hall–Kier alpha value is -3.26. The van der Waals surface area contributed by atoms with E-state index in [0.717, 1.165) is 34.0 Å². The van der Waals surface area contributed by atoms with Gasteiger partial charge in [-0.3, -0.25) is 48.4 Å². The summed E-state index contributed by atoms with van der Waals surface area (Å²) in [4.78, 5) is 77.8. The van der Waals surface area contributed by atoms with Crippen molar-refractivity contribution in [1.29, 1.82) is 0 Å². The number of aliphatic carboxylic acids is 3. The van der Waals surface area contributed by atoms with E-state index in [0.29, 0.717) is 71.1 Å². The molecular weight excluding hydrogens is 668 g/mol. The fourth-order valence-electron chi connectivity index (χ4n) is 4.71. The lowest BCUT2D eigenvalue weighted by atomic mass is 10.1. The van der Waals surface area contributed by atoms with Gasteiger partial charge < -0.3 is 31.1 Å². The molecule has 0 unspecified atom stereocenters. The standard InChI is InChI=1S/C30H46N6O10S2/c31-25(37)6-3-23-1-4-24(5-2-23)48-30(45)47-18-17-46-16-7-32-26(38)19-33-8-10-34(20-27(39)40)12-14-36(22-29(43)44)15-13-35(11-9-33)21-28(41)42/h1-2,4-5H,3,6-22H2,(H2,31,37)(H,32,38)(H,39,40)(H,41,42)(H,43,44). The zero-order chi connectivity index (χ0) is 35.3. The number of nitrogens with zero attached hydrogens (tertiary/aromatic N) is 4. The maximum Gasteiger partial charge on any atom is 0.317 e. The number of hydrogen-bond acceptors (Lipinski definition) is 13. The van der Waals surface area contributed by atoms with Crippen LogP contribution in [0.25, 0.3) is 0 Å². The summed E-state index contributed by atoms with van der Waals surface area (Å²) in [6, 6.07) is 7.38. The highest BCUT2D eigenvalue weighted by Crippen LogP contribution is 2.26. The van der Waals surface area contributed by atoms with Gasteiger partial charge in [0.05, 0.1) is 39.4 Å². The molecule has 16 nitrogen and oxygen atoms in total. The zero-order valence-corrected chi connectivity index (χ0v) is 28.6. The number of primary amides is 1. The fourth-order valence-corrected chi connectivity index (χ4v) is 6.32. The summed E-state index contributed by atoms with van der Waals surface area (Å²) >= 11 is 2.24. The molecule has 1 fully saturated rings. The number of ether oxygens (including phenoxy) is 1. The number of aryl methyl sites for hydroxylation is 1. The highest BCUT2D eigenvalue weighted by molar-refractivity contribution is 8.38. The second-order valence-corrected chi connectivity index (χ2v) is 13.4. The molecule has 1 aliphatic rings. The van der Waals surface area contributed by atoms with Crippen molar-refractivity contribution < 1.29 is 48.8 Å². The topological polar surface area (TPSA) is 223 Å². The Labute approximate surface area is 288 Å². The Morgan fingerprint density at radius 3 is 1.60 bits per heavy atom. The van der Waals surface area contributed by atoms with Gasteiger partial charge in [0.2, 0.25) is 11.8 Å². The summed E-state index contributed by atoms with van der Waals surface area (Å²) < 4.78 is 5.47. The lowest BCUT2D eigenvalue weighted by molar-refractivity contribution is -0.140. The van der Waals surface area contributed by atoms with E-state index in [4.69, 9.17) is 10.5 Å². The fraction of sp³-hybridized carbons (Fsp3) is 0.600. The smallest absolute Gasteiger partial charge is 0.317 e. The van der Waals surface area contributed by atoms with Crippen LogP contribution in [-0.2, 0) is 35.1 Å². The lowest BCUT2D eigenvalue weighted by Gasteiger charge is -2.32. The Balaban J connectivity index is 1.76. The van der Waals surface area contributed by atoms with Crippen LogP contribution in [0.4, 0.5) is 4.79 Å². The monoisotopic (exact) mass is 714 g/mol. The maximum atomic E-state index is 12.7. The molecular formula is C30H46N6O10S2. The van der Waals surface area contributed by atoms with Gasteiger partial charge in [-0.2, -0.15) is 0 Å². The number of carbonyl (C=O) groups is 6. The van der Waals surface area contributed by atoms with Crippen LogP contribution in [0, 0.1) is 0 Å². The molecule has 2 amide bonds. The van der Waals surface area contributed by atoms with E-state index in [1.54, 1.807) is 14.7 Å². The molecule has 6 N–H and O–H groups in total. The molecule has 0 aliphatic carbocycles. The van der Waals surface area contributed by atoms with Crippen molar-refractivity contribution in [2.45, 2.75) is 17.7 Å². The minimum atomic E-state index is -1.03. The molecule has 1 aromatic rings. The van der Waals surface area contributed by atoms with Gasteiger partial charge in [-0.25, -0.2) is 0 Å². The van der Waals surface area contributed by atoms with Crippen molar-refractivity contribution in [3.63, 3.8) is 0 Å². The summed E-state index contributed by atoms with van der Waals surface area (Å²) in [5.41, 5.74) is 6.14. The minimum absolute atomic E-state index is 0.0145. The number of amides is 2. The normalized spacial score (nSPS) is 16.0. The number of carbonyl (C=O) groups excluding carboxylic acids is 3. The van der Waals surface area contributed by atoms with Crippen LogP contribution in [0.3, 0.4) is 0 Å². The van der Waals surface area contributed by atoms with Crippen LogP contribution in [0.15, 0.2) is 29.2 Å². The quantitative estimate of drug-likeness (QED) is 0.0969. The third-order valence-corrected chi connectivity index (χ3v) is 9.06. The average molecular weight is 715 g/mol. The zero-order valence-electron chi connectivity index (χ0n) is 26.9. The van der Waals surface area contributed by atoms with Gasteiger partial charge in [0, 0.05) is 76.0 Å². The van der Waals surface area contributed by atoms with Gasteiger partial charge in [-0.15, -0.1) is 0 Å². The number of benzene rings is 1. The third-order valence-electron chi connectivity index (χ3n) is 7.17. The number of nitrogens with two attached hydrogens (primary N) is 1. The predicted octanol–water partition coefficient (Wildman–Crippen LogP) is -0.342. The highest BCUT2D eigenvalue weighted by atomic mass is 32.2. The first-order valence-corrected chi connectivity index (χ1v) is 17.3. The van der Waals surface area contributed by atoms with Crippen LogP contribution >= 0.6 is 23.5 Å². The molecule has 1 saturated heterocycles. The van der Waals surface area contributed by atoms with Crippen LogP contribution < -0.4 is 11.1 Å². The van der Waals surface area contributed by atoms with Crippen molar-refractivity contribution in [3.8, 4) is 0 Å². The molecule has 0 radical (unpaired) electrons. The first-order valence-electron chi connectivity index (χ1n) is 15.5. The highest BCUT2D eigenvalue weighted by Gasteiger charge is 2.21. The average Bonchev–Trinajstić information content (AvgIpc) is 3.00. The summed E-state index contributed by atoms with van der Waals surface area (Å²) in [7, 11) is 0. The molecule has 0 bridgehead atoms. The SMILES string of the molecule is NC(=O)CCc1ccc(SC(=O)SCCOCCNC(=O)CN2CCN(CC(=O)O)CCN(CC(=O)O)CCN(CC(=O)O)CC2)cc1. The van der Waals surface area contributed by atoms with Crippen molar-refractivity contribution in [2.24, 2.45) is 5.73 Å². The molecule has 0 atom stereocenters. The number of nitrogens with one attached hydrogen (secondary N) is 1. The van der Waals surface area contributed by atoms with Gasteiger partial charge in [0.25, 0.3) is 4.45 Å². The van der Waals surface area contributed by atoms with Crippen LogP contribution in [0.1, 0.15) is 12.0 Å². The molecule has 48 heavy (non-hydrogen) atoms. The summed E-state index contributed by atoms with van der Waals surface area (Å²) in [6.07, 6.45) is 0.824. The minimum Gasteiger partial charge on any atom is -0.480 e. The Kier molecular flexibility index (Phi) is 19.7. The number of hydrogen-bond donors (Lipinski definition) is 5. The second-order valence-electron chi connectivity index (χ2n) is 11.1. The van der Waals surface area contributed by atoms with Crippen molar-refractivity contribution in [1.82, 2.24) is 24.9 Å². The van der Waals surface area contributed by atoms with E-state index in [1.165, 1.54) is 0 Å². The molecule has 1 aromatic carbocycles. The Bertz CT molecular complexity index is 1180. The van der Waals surface area contributed by atoms with Gasteiger partial charge in [0.15, 0.2) is 0 Å². The summed E-state index contributed by atoms with van der Waals surface area (Å²) in [5, 5.41) is 30.8. The summed E-state index contributed by atoms with van der Waals surface area (Å²) in [5.74, 6) is -3.25. The lowest BCUT2D eigenvalue weighted by Crippen LogP contribution is -2.50. The number of carboxylic acid groups (broad SMARTS) is 3. The van der Waals surface area contributed by atoms with E-state index in [1.807, 2.05) is 29.2 Å². The van der Waals surface area contributed by atoms with Gasteiger partial charge >= 0.3 is 17.9 Å². The Morgan fingerprint density at radius 1 is 0.708 bits per heavy atom. The molecule has 268 valence electrons. The predicted molar refractivity (Wildman–Crippen MR) is 180 cm³/mol. The summed E-state index contributed by atoms with van der Waals surface area (Å²) in [6.45, 7) is 2.61. The van der Waals surface area contributed by atoms with Gasteiger partial charge in [-0.1, -0.05) is 23.9 Å². The molecule has 0 spiro atoms. The van der Waals surface area contributed by atoms with Gasteiger partial charge in [-0.05, 0) is 35.9 Å². The maximum absolute atomic E-state index is 12.7. The van der Waals surface area contributed by atoms with Crippen LogP contribution in [-0.4, -0.2) is 173 Å². The van der Waals surface area contributed by atoms with Crippen LogP contribution in [0.5, 0.6) is 0 Å². The first kappa shape index (κ1) is 40.9. The van der Waals surface area contributed by atoms with E-state index in [2.05, 4.69) is 5.32 Å². The Morgan fingerprint density at radius 2 is 1.17 bits per heavy atom. The molecule has 18 heteroatoms. The number of rotatable bonds is 18. The van der Waals surface area contributed by atoms with Crippen molar-refractivity contribution in [2.75, 3.05) is 104 Å². The van der Waals surface area contributed by atoms with E-state index >= 15 is 0 Å². The first-order chi connectivity index (χ1) is 22.9. The van der Waals surface area contributed by atoms with Crippen molar-refractivity contribution >= 4 is 57.7 Å². The number of thioether (sulfide) groups is 2. The molecule has 0 saturated carbocycles.